The van der Waals surface area contributed by atoms with E-state index in [9.17, 15) is 9.00 Å². The van der Waals surface area contributed by atoms with E-state index < -0.39 is 17.2 Å². The van der Waals surface area contributed by atoms with Gasteiger partial charge in [0.15, 0.2) is 0 Å². The molecule has 0 aliphatic heterocycles. The number of hydrazine groups is 1. The molecule has 0 radical (unpaired) electrons. The van der Waals surface area contributed by atoms with Gasteiger partial charge in [-0.3, -0.25) is 14.8 Å². The zero-order valence-corrected chi connectivity index (χ0v) is 4.99. The van der Waals surface area contributed by atoms with Gasteiger partial charge in [-0.15, -0.1) is 4.83 Å². The molecule has 3 N–H and O–H groups in total. The Balaban J connectivity index is 3.18. The molecule has 0 aromatic heterocycles. The Labute approximate surface area is 48.8 Å². The summed E-state index contributed by atoms with van der Waals surface area (Å²) in [5.74, 6) is -0.410. The van der Waals surface area contributed by atoms with Gasteiger partial charge in [0.1, 0.15) is 0 Å². The summed E-state index contributed by atoms with van der Waals surface area (Å²) in [6.07, 6.45) is 0. The first-order chi connectivity index (χ1) is 3.63. The Kier molecular flexibility index (Phi) is 3.33. The molecule has 0 saturated carbocycles. The Morgan fingerprint density at radius 1 is 1.75 bits per heavy atom. The third-order valence-corrected chi connectivity index (χ3v) is 0.591. The molecular weight excluding hydrogens is 132 g/mol. The lowest BCUT2D eigenvalue weighted by Crippen LogP contribution is -2.36. The second-order valence-corrected chi connectivity index (χ2v) is 1.73. The van der Waals surface area contributed by atoms with Gasteiger partial charge in [0.05, 0.1) is 0 Å². The molecule has 8 heavy (non-hydrogen) atoms. The number of carbonyl (C=O) groups is 1. The third kappa shape index (κ3) is 5.54. The quantitative estimate of drug-likeness (QED) is 0.330. The van der Waals surface area contributed by atoms with Gasteiger partial charge in [-0.1, -0.05) is 0 Å². The summed E-state index contributed by atoms with van der Waals surface area (Å²) in [4.78, 5) is 11.7. The summed E-state index contributed by atoms with van der Waals surface area (Å²) in [6, 6.07) is 0. The minimum Gasteiger partial charge on any atom is -0.293 e. The zero-order chi connectivity index (χ0) is 6.57. The topological polar surface area (TPSA) is 78.4 Å². The van der Waals surface area contributed by atoms with E-state index in [4.69, 9.17) is 4.55 Å². The van der Waals surface area contributed by atoms with Crippen molar-refractivity contribution in [2.75, 3.05) is 0 Å². The van der Waals surface area contributed by atoms with Gasteiger partial charge in [0, 0.05) is 6.92 Å². The van der Waals surface area contributed by atoms with E-state index in [1.165, 1.54) is 6.92 Å². The van der Waals surface area contributed by atoms with Crippen LogP contribution in [0.2, 0.25) is 0 Å². The van der Waals surface area contributed by atoms with Crippen LogP contribution >= 0.6 is 0 Å². The number of carbonyl (C=O) groups excluding carboxylic acids is 1. The predicted molar refractivity (Wildman–Crippen MR) is 27.7 cm³/mol. The highest BCUT2D eigenvalue weighted by molar-refractivity contribution is 7.77. The Bertz CT molecular complexity index is 99.9. The van der Waals surface area contributed by atoms with Crippen molar-refractivity contribution in [3.63, 3.8) is 0 Å². The lowest BCUT2D eigenvalue weighted by atomic mass is 10.8. The van der Waals surface area contributed by atoms with E-state index in [1.807, 2.05) is 5.43 Å². The Morgan fingerprint density at radius 3 is 2.38 bits per heavy atom. The maximum Gasteiger partial charge on any atom is 0.250 e. The molecule has 0 spiro atoms. The van der Waals surface area contributed by atoms with E-state index in [2.05, 4.69) is 0 Å². The maximum atomic E-state index is 9.93. The first-order valence-corrected chi connectivity index (χ1v) is 2.86. The SMILES string of the molecule is CC(=O)NNS(=O)O. The van der Waals surface area contributed by atoms with Crippen LogP contribution in [-0.2, 0) is 16.1 Å². The third-order valence-electron chi connectivity index (χ3n) is 0.314. The summed E-state index contributed by atoms with van der Waals surface area (Å²) >= 11 is -2.17. The van der Waals surface area contributed by atoms with Gasteiger partial charge < -0.3 is 0 Å². The van der Waals surface area contributed by atoms with Gasteiger partial charge >= 0.3 is 0 Å². The zero-order valence-electron chi connectivity index (χ0n) is 4.17. The smallest absolute Gasteiger partial charge is 0.250 e. The van der Waals surface area contributed by atoms with Crippen LogP contribution in [0.25, 0.3) is 0 Å². The number of rotatable bonds is 2. The fourth-order valence-corrected chi connectivity index (χ4v) is 0.347. The molecule has 0 heterocycles. The van der Waals surface area contributed by atoms with Crippen molar-refractivity contribution in [2.24, 2.45) is 0 Å². The van der Waals surface area contributed by atoms with E-state index in [0.717, 1.165) is 0 Å². The fraction of sp³-hybridized carbons (Fsp3) is 0.500. The van der Waals surface area contributed by atoms with E-state index in [1.54, 1.807) is 4.83 Å². The molecule has 48 valence electrons. The molecule has 6 heteroatoms. The van der Waals surface area contributed by atoms with E-state index in [0.29, 0.717) is 0 Å². The van der Waals surface area contributed by atoms with Gasteiger partial charge in [0.25, 0.3) is 11.3 Å². The molecule has 1 atom stereocenters. The molecular formula is C2H6N2O3S. The van der Waals surface area contributed by atoms with Gasteiger partial charge in [-0.2, -0.15) is 0 Å². The van der Waals surface area contributed by atoms with Gasteiger partial charge in [0.2, 0.25) is 5.91 Å². The van der Waals surface area contributed by atoms with Crippen molar-refractivity contribution >= 4 is 17.2 Å². The monoisotopic (exact) mass is 138 g/mol. The first kappa shape index (κ1) is 7.54. The first-order valence-electron chi connectivity index (χ1n) is 1.76. The molecule has 0 fully saturated rings. The lowest BCUT2D eigenvalue weighted by Gasteiger charge is -1.95. The van der Waals surface area contributed by atoms with E-state index in [-0.39, 0.29) is 0 Å². The highest BCUT2D eigenvalue weighted by Crippen LogP contribution is 1.56. The molecule has 1 amide bonds. The van der Waals surface area contributed by atoms with Crippen molar-refractivity contribution in [1.29, 1.82) is 0 Å². The van der Waals surface area contributed by atoms with Crippen LogP contribution < -0.4 is 10.3 Å². The molecule has 0 aromatic rings. The van der Waals surface area contributed by atoms with Crippen molar-refractivity contribution in [2.45, 2.75) is 6.92 Å². The Morgan fingerprint density at radius 2 is 2.25 bits per heavy atom. The molecule has 0 saturated heterocycles. The molecule has 0 rings (SSSR count). The maximum absolute atomic E-state index is 9.93. The lowest BCUT2D eigenvalue weighted by molar-refractivity contribution is -0.119. The predicted octanol–water partition coefficient (Wildman–Crippen LogP) is -1.24. The molecule has 0 bridgehead atoms. The second kappa shape index (κ2) is 3.53. The normalized spacial score (nSPS) is 12.8. The molecule has 0 aromatic carbocycles. The standard InChI is InChI=1S/C2H6N2O3S/c1-2(5)3-4-8(6)7/h4H,1H3,(H,3,5)(H,6,7). The van der Waals surface area contributed by atoms with Crippen LogP contribution in [0.4, 0.5) is 0 Å². The summed E-state index contributed by atoms with van der Waals surface area (Å²) in [5.41, 5.74) is 1.91. The van der Waals surface area contributed by atoms with Crippen molar-refractivity contribution in [3.05, 3.63) is 0 Å². The number of nitrogens with one attached hydrogen (secondary N) is 2. The summed E-state index contributed by atoms with van der Waals surface area (Å²) in [7, 11) is 0. The summed E-state index contributed by atoms with van der Waals surface area (Å²) < 4.78 is 17.6. The van der Waals surface area contributed by atoms with Crippen LogP contribution in [0.1, 0.15) is 6.92 Å². The second-order valence-electron chi connectivity index (χ2n) is 1.03. The summed E-state index contributed by atoms with van der Waals surface area (Å²) in [6.45, 7) is 1.22. The highest BCUT2D eigenvalue weighted by atomic mass is 32.2. The van der Waals surface area contributed by atoms with Crippen molar-refractivity contribution in [3.8, 4) is 0 Å². The largest absolute Gasteiger partial charge is 0.293 e. The Hall–Kier alpha value is -0.460. The minimum atomic E-state index is -2.17. The summed E-state index contributed by atoms with van der Waals surface area (Å²) in [5, 5.41) is 0. The molecule has 5 nitrogen and oxygen atoms in total. The van der Waals surface area contributed by atoms with E-state index >= 15 is 0 Å². The van der Waals surface area contributed by atoms with Gasteiger partial charge in [-0.25, -0.2) is 4.21 Å². The van der Waals surface area contributed by atoms with Crippen molar-refractivity contribution < 1.29 is 13.6 Å². The van der Waals surface area contributed by atoms with Crippen LogP contribution in [0.3, 0.4) is 0 Å². The minimum absolute atomic E-state index is 0.410. The van der Waals surface area contributed by atoms with Crippen LogP contribution in [-0.4, -0.2) is 14.7 Å². The van der Waals surface area contributed by atoms with Crippen LogP contribution in [0.15, 0.2) is 0 Å². The number of hydrogen-bond acceptors (Lipinski definition) is 2. The van der Waals surface area contributed by atoms with Gasteiger partial charge in [-0.05, 0) is 0 Å². The molecule has 1 unspecified atom stereocenters. The molecule has 0 aliphatic carbocycles. The highest BCUT2D eigenvalue weighted by Gasteiger charge is 1.89. The fourth-order valence-electron chi connectivity index (χ4n) is 0.116. The number of amides is 1. The average Bonchev–Trinajstić information content (AvgIpc) is 1.61. The van der Waals surface area contributed by atoms with Crippen LogP contribution in [0.5, 0.6) is 0 Å². The average molecular weight is 138 g/mol. The number of hydrogen-bond donors (Lipinski definition) is 3. The van der Waals surface area contributed by atoms with Crippen LogP contribution in [0, 0.1) is 0 Å². The molecule has 0 aliphatic rings. The van der Waals surface area contributed by atoms with Crippen molar-refractivity contribution in [1.82, 2.24) is 10.3 Å².